The number of aryl methyl sites for hydroxylation is 1. The van der Waals surface area contributed by atoms with Gasteiger partial charge in [0.15, 0.2) is 0 Å². The summed E-state index contributed by atoms with van der Waals surface area (Å²) in [6.07, 6.45) is 8.12. The Bertz CT molecular complexity index is 831. The quantitative estimate of drug-likeness (QED) is 0.450. The van der Waals surface area contributed by atoms with Gasteiger partial charge in [0.1, 0.15) is 5.82 Å². The monoisotopic (exact) mass is 452 g/mol. The summed E-state index contributed by atoms with van der Waals surface area (Å²) in [6, 6.07) is 11.6. The summed E-state index contributed by atoms with van der Waals surface area (Å²) >= 11 is 0. The molecule has 1 aliphatic heterocycles. The summed E-state index contributed by atoms with van der Waals surface area (Å²) in [5, 5.41) is 10.7. The Kier molecular flexibility index (Phi) is 9.33. The van der Waals surface area contributed by atoms with Crippen molar-refractivity contribution < 1.29 is 4.74 Å². The lowest BCUT2D eigenvalue weighted by Crippen LogP contribution is -2.37. The summed E-state index contributed by atoms with van der Waals surface area (Å²) in [5.41, 5.74) is 3.53. The second-order valence-corrected chi connectivity index (χ2v) is 9.28. The fourth-order valence-corrected chi connectivity index (χ4v) is 4.60. The van der Waals surface area contributed by atoms with Crippen molar-refractivity contribution in [2.45, 2.75) is 64.6 Å². The lowest BCUT2D eigenvalue weighted by molar-refractivity contribution is 0.122. The van der Waals surface area contributed by atoms with Crippen molar-refractivity contribution in [3.05, 3.63) is 47.2 Å². The van der Waals surface area contributed by atoms with Crippen LogP contribution < -0.4 is 20.9 Å². The van der Waals surface area contributed by atoms with E-state index in [1.54, 1.807) is 0 Å². The van der Waals surface area contributed by atoms with Crippen molar-refractivity contribution in [2.24, 2.45) is 0 Å². The zero-order valence-corrected chi connectivity index (χ0v) is 20.1. The standard InChI is InChI=1S/C26H40N6O/c1-21-18-25(32-14-16-33-17-15-32)31-26(30-21)29-20-23-10-8-22(9-11-23)19-27-12-5-13-28-24-6-3-2-4-7-24/h8-11,18,24,27-28H,2-7,12-17,19-20H2,1H3,(H,29,30,31). The first-order valence-electron chi connectivity index (χ1n) is 12.7. The van der Waals surface area contributed by atoms with Crippen molar-refractivity contribution in [1.82, 2.24) is 20.6 Å². The van der Waals surface area contributed by atoms with Gasteiger partial charge in [0.05, 0.1) is 13.2 Å². The van der Waals surface area contributed by atoms with Crippen LogP contribution in [0.25, 0.3) is 0 Å². The molecule has 33 heavy (non-hydrogen) atoms. The average Bonchev–Trinajstić information content (AvgIpc) is 2.86. The molecule has 1 saturated carbocycles. The molecular formula is C26H40N6O. The van der Waals surface area contributed by atoms with Gasteiger partial charge in [-0.05, 0) is 50.4 Å². The number of hydrogen-bond donors (Lipinski definition) is 3. The van der Waals surface area contributed by atoms with Gasteiger partial charge >= 0.3 is 0 Å². The van der Waals surface area contributed by atoms with Gasteiger partial charge in [-0.2, -0.15) is 4.98 Å². The van der Waals surface area contributed by atoms with E-state index in [4.69, 9.17) is 9.72 Å². The normalized spacial score (nSPS) is 17.3. The third-order valence-electron chi connectivity index (χ3n) is 6.55. The van der Waals surface area contributed by atoms with Crippen LogP contribution in [0, 0.1) is 6.92 Å². The van der Waals surface area contributed by atoms with Crippen LogP contribution in [-0.4, -0.2) is 55.4 Å². The fourth-order valence-electron chi connectivity index (χ4n) is 4.60. The fraction of sp³-hybridized carbons (Fsp3) is 0.615. The zero-order chi connectivity index (χ0) is 22.7. The van der Waals surface area contributed by atoms with Gasteiger partial charge in [0.2, 0.25) is 5.95 Å². The van der Waals surface area contributed by atoms with Crippen molar-refractivity contribution >= 4 is 11.8 Å². The number of anilines is 2. The number of nitrogens with one attached hydrogen (secondary N) is 3. The maximum Gasteiger partial charge on any atom is 0.225 e. The Labute approximate surface area is 198 Å². The number of nitrogens with zero attached hydrogens (tertiary/aromatic N) is 3. The molecule has 7 heteroatoms. The topological polar surface area (TPSA) is 74.3 Å². The van der Waals surface area contributed by atoms with E-state index in [9.17, 15) is 0 Å². The lowest BCUT2D eigenvalue weighted by Gasteiger charge is -2.28. The number of rotatable bonds is 11. The number of hydrogen-bond acceptors (Lipinski definition) is 7. The van der Waals surface area contributed by atoms with Crippen LogP contribution in [0.2, 0.25) is 0 Å². The summed E-state index contributed by atoms with van der Waals surface area (Å²) in [6.45, 7) is 9.09. The SMILES string of the molecule is Cc1cc(N2CCOCC2)nc(NCc2ccc(CNCCCNC3CCCCC3)cc2)n1. The predicted molar refractivity (Wildman–Crippen MR) is 135 cm³/mol. The van der Waals surface area contributed by atoms with Crippen LogP contribution in [-0.2, 0) is 17.8 Å². The second kappa shape index (κ2) is 12.9. The number of morpholine rings is 1. The van der Waals surface area contributed by atoms with Crippen molar-refractivity contribution in [3.8, 4) is 0 Å². The van der Waals surface area contributed by atoms with Gasteiger partial charge < -0.3 is 25.6 Å². The van der Waals surface area contributed by atoms with Crippen LogP contribution in [0.3, 0.4) is 0 Å². The van der Waals surface area contributed by atoms with E-state index < -0.39 is 0 Å². The van der Waals surface area contributed by atoms with Crippen molar-refractivity contribution in [2.75, 3.05) is 49.6 Å². The lowest BCUT2D eigenvalue weighted by atomic mass is 9.95. The highest BCUT2D eigenvalue weighted by Crippen LogP contribution is 2.18. The Morgan fingerprint density at radius 1 is 0.939 bits per heavy atom. The minimum Gasteiger partial charge on any atom is -0.378 e. The zero-order valence-electron chi connectivity index (χ0n) is 20.1. The molecule has 0 radical (unpaired) electrons. The summed E-state index contributed by atoms with van der Waals surface area (Å²) in [5.74, 6) is 1.66. The van der Waals surface area contributed by atoms with Gasteiger partial charge in [-0.3, -0.25) is 0 Å². The maximum absolute atomic E-state index is 5.45. The Morgan fingerprint density at radius 3 is 2.42 bits per heavy atom. The Hall–Kier alpha value is -2.22. The molecule has 0 bridgehead atoms. The minimum absolute atomic E-state index is 0.684. The molecule has 4 rings (SSSR count). The molecule has 1 aromatic heterocycles. The number of ether oxygens (including phenoxy) is 1. The molecule has 2 aromatic rings. The van der Waals surface area contributed by atoms with Crippen molar-refractivity contribution in [1.29, 1.82) is 0 Å². The van der Waals surface area contributed by atoms with Gasteiger partial charge in [-0.25, -0.2) is 4.98 Å². The van der Waals surface area contributed by atoms with Gasteiger partial charge in [-0.15, -0.1) is 0 Å². The highest BCUT2D eigenvalue weighted by molar-refractivity contribution is 5.45. The average molecular weight is 453 g/mol. The summed E-state index contributed by atoms with van der Waals surface area (Å²) in [7, 11) is 0. The summed E-state index contributed by atoms with van der Waals surface area (Å²) < 4.78 is 5.45. The molecule has 2 fully saturated rings. The van der Waals surface area contributed by atoms with Crippen LogP contribution in [0.15, 0.2) is 30.3 Å². The third kappa shape index (κ3) is 7.95. The summed E-state index contributed by atoms with van der Waals surface area (Å²) in [4.78, 5) is 11.5. The van der Waals surface area contributed by atoms with E-state index in [-0.39, 0.29) is 0 Å². The third-order valence-corrected chi connectivity index (χ3v) is 6.55. The van der Waals surface area contributed by atoms with E-state index in [0.29, 0.717) is 12.5 Å². The molecule has 7 nitrogen and oxygen atoms in total. The molecule has 2 heterocycles. The maximum atomic E-state index is 5.45. The number of aromatic nitrogens is 2. The highest BCUT2D eigenvalue weighted by Gasteiger charge is 2.14. The van der Waals surface area contributed by atoms with E-state index in [1.807, 2.05) is 13.0 Å². The van der Waals surface area contributed by atoms with Gasteiger partial charge in [-0.1, -0.05) is 43.5 Å². The second-order valence-electron chi connectivity index (χ2n) is 9.28. The van der Waals surface area contributed by atoms with Gasteiger partial charge in [0.25, 0.3) is 0 Å². The number of benzene rings is 1. The molecule has 0 amide bonds. The van der Waals surface area contributed by atoms with Crippen LogP contribution in [0.1, 0.15) is 55.3 Å². The predicted octanol–water partition coefficient (Wildman–Crippen LogP) is 3.64. The molecular weight excluding hydrogens is 412 g/mol. The van der Waals surface area contributed by atoms with Gasteiger partial charge in [0, 0.05) is 44.0 Å². The minimum atomic E-state index is 0.684. The van der Waals surface area contributed by atoms with E-state index >= 15 is 0 Å². The molecule has 180 valence electrons. The molecule has 0 unspecified atom stereocenters. The molecule has 1 aromatic carbocycles. The first kappa shape index (κ1) is 23.9. The van der Waals surface area contributed by atoms with Crippen molar-refractivity contribution in [3.63, 3.8) is 0 Å². The van der Waals surface area contributed by atoms with E-state index in [0.717, 1.165) is 63.5 Å². The first-order valence-corrected chi connectivity index (χ1v) is 12.7. The highest BCUT2D eigenvalue weighted by atomic mass is 16.5. The first-order chi connectivity index (χ1) is 16.3. The Balaban J connectivity index is 1.15. The Morgan fingerprint density at radius 2 is 1.67 bits per heavy atom. The van der Waals surface area contributed by atoms with E-state index in [2.05, 4.69) is 50.1 Å². The van der Waals surface area contributed by atoms with E-state index in [1.165, 1.54) is 49.7 Å². The molecule has 1 saturated heterocycles. The molecule has 2 aliphatic rings. The molecule has 0 spiro atoms. The smallest absolute Gasteiger partial charge is 0.225 e. The molecule has 3 N–H and O–H groups in total. The van der Waals surface area contributed by atoms with Crippen LogP contribution in [0.5, 0.6) is 0 Å². The molecule has 0 atom stereocenters. The van der Waals surface area contributed by atoms with Crippen LogP contribution >= 0.6 is 0 Å². The molecule has 1 aliphatic carbocycles. The van der Waals surface area contributed by atoms with Crippen LogP contribution in [0.4, 0.5) is 11.8 Å². The largest absolute Gasteiger partial charge is 0.378 e.